The minimum absolute atomic E-state index is 0.197. The van der Waals surface area contributed by atoms with Crippen molar-refractivity contribution in [2.24, 2.45) is 0 Å². The molecule has 0 saturated heterocycles. The van der Waals surface area contributed by atoms with Gasteiger partial charge in [-0.05, 0) is 24.6 Å². The second-order valence-corrected chi connectivity index (χ2v) is 4.18. The predicted octanol–water partition coefficient (Wildman–Crippen LogP) is 3.34. The highest BCUT2D eigenvalue weighted by Gasteiger charge is 2.12. The second-order valence-electron chi connectivity index (χ2n) is 4.18. The molecule has 4 nitrogen and oxygen atoms in total. The predicted molar refractivity (Wildman–Crippen MR) is 73.2 cm³/mol. The van der Waals surface area contributed by atoms with Gasteiger partial charge in [0, 0.05) is 10.8 Å². The fourth-order valence-corrected chi connectivity index (χ4v) is 1.96. The fourth-order valence-electron chi connectivity index (χ4n) is 1.96. The van der Waals surface area contributed by atoms with Gasteiger partial charge in [-0.2, -0.15) is 0 Å². The topological polar surface area (TPSA) is 55.8 Å². The zero-order chi connectivity index (χ0) is 13.8. The van der Waals surface area contributed by atoms with Crippen molar-refractivity contribution in [3.63, 3.8) is 0 Å². The van der Waals surface area contributed by atoms with Crippen molar-refractivity contribution in [2.45, 2.75) is 13.3 Å². The normalized spacial score (nSPS) is 10.4. The van der Waals surface area contributed by atoms with Crippen molar-refractivity contribution in [3.05, 3.63) is 35.9 Å². The van der Waals surface area contributed by atoms with Gasteiger partial charge >= 0.3 is 5.97 Å². The average Bonchev–Trinajstić information content (AvgIpc) is 2.43. The molecule has 0 unspecified atom stereocenters. The second kappa shape index (κ2) is 5.61. The number of carboxylic acids is 1. The molecule has 100 valence electrons. The van der Waals surface area contributed by atoms with Crippen LogP contribution in [0.15, 0.2) is 30.3 Å². The van der Waals surface area contributed by atoms with Crippen molar-refractivity contribution in [1.82, 2.24) is 0 Å². The van der Waals surface area contributed by atoms with E-state index in [9.17, 15) is 4.79 Å². The van der Waals surface area contributed by atoms with E-state index in [1.807, 2.05) is 19.1 Å². The molecule has 0 radical (unpaired) electrons. The van der Waals surface area contributed by atoms with Crippen LogP contribution in [0.1, 0.15) is 23.7 Å². The number of carboxylic acid groups (broad SMARTS) is 1. The minimum atomic E-state index is -0.978. The molecule has 2 rings (SSSR count). The standard InChI is InChI=1S/C15H16O4/c1-3-7-19-14-9-10(15(16)17)8-12-11(14)5-4-6-13(12)18-2/h4-6,8-9H,3,7H2,1-2H3,(H,16,17). The first kappa shape index (κ1) is 13.2. The first-order chi connectivity index (χ1) is 9.17. The lowest BCUT2D eigenvalue weighted by Crippen LogP contribution is -2.01. The summed E-state index contributed by atoms with van der Waals surface area (Å²) in [7, 11) is 1.56. The zero-order valence-electron chi connectivity index (χ0n) is 11.0. The van der Waals surface area contributed by atoms with E-state index in [4.69, 9.17) is 14.6 Å². The number of rotatable bonds is 5. The number of hydrogen-bond donors (Lipinski definition) is 1. The quantitative estimate of drug-likeness (QED) is 0.895. The van der Waals surface area contributed by atoms with Crippen LogP contribution in [-0.4, -0.2) is 24.8 Å². The molecule has 0 aliphatic heterocycles. The molecule has 2 aromatic carbocycles. The Morgan fingerprint density at radius 1 is 1.21 bits per heavy atom. The van der Waals surface area contributed by atoms with E-state index in [0.717, 1.165) is 17.2 Å². The van der Waals surface area contributed by atoms with Gasteiger partial charge in [0.05, 0.1) is 19.3 Å². The molecule has 0 amide bonds. The Kier molecular flexibility index (Phi) is 3.90. The molecule has 0 spiro atoms. The van der Waals surface area contributed by atoms with E-state index in [1.165, 1.54) is 0 Å². The number of hydrogen-bond acceptors (Lipinski definition) is 3. The molecule has 0 bridgehead atoms. The van der Waals surface area contributed by atoms with Crippen LogP contribution in [0.3, 0.4) is 0 Å². The smallest absolute Gasteiger partial charge is 0.335 e. The maximum Gasteiger partial charge on any atom is 0.335 e. The third-order valence-electron chi connectivity index (χ3n) is 2.85. The van der Waals surface area contributed by atoms with Crippen molar-refractivity contribution < 1.29 is 19.4 Å². The Morgan fingerprint density at radius 2 is 2.00 bits per heavy atom. The van der Waals surface area contributed by atoms with Gasteiger partial charge in [-0.25, -0.2) is 4.79 Å². The lowest BCUT2D eigenvalue weighted by Gasteiger charge is -2.12. The van der Waals surface area contributed by atoms with Crippen LogP contribution >= 0.6 is 0 Å². The summed E-state index contributed by atoms with van der Waals surface area (Å²) in [5, 5.41) is 10.8. The summed E-state index contributed by atoms with van der Waals surface area (Å²) in [5.41, 5.74) is 0.197. The van der Waals surface area contributed by atoms with Crippen LogP contribution < -0.4 is 9.47 Å². The van der Waals surface area contributed by atoms with E-state index in [0.29, 0.717) is 18.1 Å². The van der Waals surface area contributed by atoms with Gasteiger partial charge in [0.2, 0.25) is 0 Å². The van der Waals surface area contributed by atoms with Crippen molar-refractivity contribution in [1.29, 1.82) is 0 Å². The molecule has 0 aliphatic rings. The number of aromatic carboxylic acids is 1. The maximum atomic E-state index is 11.2. The van der Waals surface area contributed by atoms with Crippen LogP contribution in [0, 0.1) is 0 Å². The monoisotopic (exact) mass is 260 g/mol. The molecule has 4 heteroatoms. The molecule has 0 aromatic heterocycles. The van der Waals surface area contributed by atoms with E-state index < -0.39 is 5.97 Å². The highest BCUT2D eigenvalue weighted by Crippen LogP contribution is 2.33. The zero-order valence-corrected chi connectivity index (χ0v) is 11.0. The van der Waals surface area contributed by atoms with Crippen molar-refractivity contribution >= 4 is 16.7 Å². The Bertz CT molecular complexity index is 604. The first-order valence-electron chi connectivity index (χ1n) is 6.14. The average molecular weight is 260 g/mol. The van der Waals surface area contributed by atoms with E-state index in [1.54, 1.807) is 25.3 Å². The first-order valence-corrected chi connectivity index (χ1v) is 6.14. The molecule has 2 aromatic rings. The van der Waals surface area contributed by atoms with Crippen molar-refractivity contribution in [3.8, 4) is 11.5 Å². The van der Waals surface area contributed by atoms with E-state index >= 15 is 0 Å². The Balaban J connectivity index is 2.66. The third-order valence-corrected chi connectivity index (χ3v) is 2.85. The number of fused-ring (bicyclic) bond motifs is 1. The van der Waals surface area contributed by atoms with Crippen LogP contribution in [-0.2, 0) is 0 Å². The summed E-state index contributed by atoms with van der Waals surface area (Å²) in [4.78, 5) is 11.2. The summed E-state index contributed by atoms with van der Waals surface area (Å²) in [6.45, 7) is 2.55. The Morgan fingerprint density at radius 3 is 2.63 bits per heavy atom. The fraction of sp³-hybridized carbons (Fsp3) is 0.267. The van der Waals surface area contributed by atoms with Gasteiger partial charge in [-0.15, -0.1) is 0 Å². The molecule has 0 atom stereocenters. The lowest BCUT2D eigenvalue weighted by atomic mass is 10.0. The highest BCUT2D eigenvalue weighted by atomic mass is 16.5. The molecule has 0 fully saturated rings. The number of carbonyl (C=O) groups is 1. The SMILES string of the molecule is CCCOc1cc(C(=O)O)cc2c(OC)cccc12. The molecular formula is C15H16O4. The van der Waals surface area contributed by atoms with E-state index in [2.05, 4.69) is 0 Å². The summed E-state index contributed by atoms with van der Waals surface area (Å²) >= 11 is 0. The van der Waals surface area contributed by atoms with Crippen LogP contribution in [0.5, 0.6) is 11.5 Å². The highest BCUT2D eigenvalue weighted by molar-refractivity contribution is 6.00. The largest absolute Gasteiger partial charge is 0.496 e. The molecule has 1 N–H and O–H groups in total. The number of ether oxygens (including phenoxy) is 2. The molecule has 19 heavy (non-hydrogen) atoms. The Labute approximate surface area is 111 Å². The maximum absolute atomic E-state index is 11.2. The summed E-state index contributed by atoms with van der Waals surface area (Å²) in [6, 6.07) is 8.72. The van der Waals surface area contributed by atoms with Gasteiger partial charge in [0.1, 0.15) is 11.5 Å². The van der Waals surface area contributed by atoms with Gasteiger partial charge in [-0.3, -0.25) is 0 Å². The number of methoxy groups -OCH3 is 1. The van der Waals surface area contributed by atoms with Crippen LogP contribution in [0.2, 0.25) is 0 Å². The minimum Gasteiger partial charge on any atom is -0.496 e. The van der Waals surface area contributed by atoms with Gasteiger partial charge in [-0.1, -0.05) is 19.1 Å². The van der Waals surface area contributed by atoms with Crippen LogP contribution in [0.4, 0.5) is 0 Å². The third kappa shape index (κ3) is 2.62. The lowest BCUT2D eigenvalue weighted by molar-refractivity contribution is 0.0696. The molecule has 0 aliphatic carbocycles. The Hall–Kier alpha value is -2.23. The summed E-state index contributed by atoms with van der Waals surface area (Å²) < 4.78 is 10.9. The summed E-state index contributed by atoms with van der Waals surface area (Å²) in [6.07, 6.45) is 0.864. The van der Waals surface area contributed by atoms with Crippen molar-refractivity contribution in [2.75, 3.05) is 13.7 Å². The molecule has 0 heterocycles. The molecular weight excluding hydrogens is 244 g/mol. The molecule has 0 saturated carbocycles. The van der Waals surface area contributed by atoms with Crippen LogP contribution in [0.25, 0.3) is 10.8 Å². The van der Waals surface area contributed by atoms with Gasteiger partial charge in [0.25, 0.3) is 0 Å². The number of benzene rings is 2. The van der Waals surface area contributed by atoms with Gasteiger partial charge < -0.3 is 14.6 Å². The summed E-state index contributed by atoms with van der Waals surface area (Å²) in [5.74, 6) is 0.242. The van der Waals surface area contributed by atoms with E-state index in [-0.39, 0.29) is 5.56 Å². The van der Waals surface area contributed by atoms with Gasteiger partial charge in [0.15, 0.2) is 0 Å².